The fourth-order valence-corrected chi connectivity index (χ4v) is 1.43. The van der Waals surface area contributed by atoms with Crippen LogP contribution in [0.3, 0.4) is 0 Å². The third-order valence-corrected chi connectivity index (χ3v) is 2.22. The molecule has 0 saturated heterocycles. The molecule has 1 aliphatic rings. The largest absolute Gasteiger partial charge is 0.481 e. The Morgan fingerprint density at radius 1 is 1.62 bits per heavy atom. The standard InChI is InChI=1S/C9H9NO2.ClH/c11-9(12)8-4-7(8)6-2-1-3-10-5-6;/h1-3,5,7-8H,4H2,(H,11,12);1H/t7-,8+;/m1./s1. The lowest BCUT2D eigenvalue weighted by Gasteiger charge is -1.94. The van der Waals surface area contributed by atoms with Crippen LogP contribution in [0.1, 0.15) is 17.9 Å². The van der Waals surface area contributed by atoms with Gasteiger partial charge in [-0.25, -0.2) is 0 Å². The van der Waals surface area contributed by atoms with Gasteiger partial charge in [-0.3, -0.25) is 9.78 Å². The first-order valence-electron chi connectivity index (χ1n) is 3.92. The van der Waals surface area contributed by atoms with Gasteiger partial charge in [-0.15, -0.1) is 12.4 Å². The van der Waals surface area contributed by atoms with Crippen molar-refractivity contribution in [1.82, 2.24) is 4.98 Å². The Morgan fingerprint density at radius 3 is 2.85 bits per heavy atom. The first kappa shape index (κ1) is 9.99. The molecular formula is C9H10ClNO2. The number of carboxylic acids is 1. The topological polar surface area (TPSA) is 50.2 Å². The van der Waals surface area contributed by atoms with Crippen LogP contribution in [-0.4, -0.2) is 16.1 Å². The predicted molar refractivity (Wildman–Crippen MR) is 50.0 cm³/mol. The van der Waals surface area contributed by atoms with Gasteiger partial charge < -0.3 is 5.11 Å². The van der Waals surface area contributed by atoms with Crippen LogP contribution in [0.15, 0.2) is 24.5 Å². The monoisotopic (exact) mass is 199 g/mol. The summed E-state index contributed by atoms with van der Waals surface area (Å²) in [6.45, 7) is 0. The van der Waals surface area contributed by atoms with Gasteiger partial charge in [0.1, 0.15) is 0 Å². The molecule has 0 spiro atoms. The van der Waals surface area contributed by atoms with Crippen molar-refractivity contribution in [2.75, 3.05) is 0 Å². The molecule has 0 aromatic carbocycles. The molecule has 70 valence electrons. The molecule has 0 aliphatic heterocycles. The molecule has 1 N–H and O–H groups in total. The van der Waals surface area contributed by atoms with E-state index in [0.29, 0.717) is 0 Å². The third kappa shape index (κ3) is 1.98. The molecule has 1 saturated carbocycles. The summed E-state index contributed by atoms with van der Waals surface area (Å²) < 4.78 is 0. The molecule has 1 aromatic heterocycles. The van der Waals surface area contributed by atoms with E-state index in [-0.39, 0.29) is 24.2 Å². The molecule has 13 heavy (non-hydrogen) atoms. The molecule has 1 fully saturated rings. The van der Waals surface area contributed by atoms with Crippen molar-refractivity contribution in [2.45, 2.75) is 12.3 Å². The second-order valence-electron chi connectivity index (χ2n) is 3.07. The summed E-state index contributed by atoms with van der Waals surface area (Å²) in [7, 11) is 0. The van der Waals surface area contributed by atoms with Gasteiger partial charge in [0, 0.05) is 12.4 Å². The van der Waals surface area contributed by atoms with E-state index >= 15 is 0 Å². The van der Waals surface area contributed by atoms with Gasteiger partial charge in [0.25, 0.3) is 0 Å². The smallest absolute Gasteiger partial charge is 0.307 e. The number of nitrogens with zero attached hydrogens (tertiary/aromatic N) is 1. The number of rotatable bonds is 2. The quantitative estimate of drug-likeness (QED) is 0.789. The van der Waals surface area contributed by atoms with Crippen molar-refractivity contribution < 1.29 is 9.90 Å². The molecular weight excluding hydrogens is 190 g/mol. The Hall–Kier alpha value is -1.09. The van der Waals surface area contributed by atoms with Crippen molar-refractivity contribution in [3.05, 3.63) is 30.1 Å². The minimum Gasteiger partial charge on any atom is -0.481 e. The van der Waals surface area contributed by atoms with E-state index < -0.39 is 5.97 Å². The maximum Gasteiger partial charge on any atom is 0.307 e. The highest BCUT2D eigenvalue weighted by Gasteiger charge is 2.44. The molecule has 1 aromatic rings. The normalized spacial score (nSPS) is 24.6. The van der Waals surface area contributed by atoms with Crippen LogP contribution in [0.2, 0.25) is 0 Å². The highest BCUT2D eigenvalue weighted by molar-refractivity contribution is 5.85. The number of pyridine rings is 1. The zero-order chi connectivity index (χ0) is 8.55. The third-order valence-electron chi connectivity index (χ3n) is 2.22. The van der Waals surface area contributed by atoms with E-state index in [2.05, 4.69) is 4.98 Å². The molecule has 4 heteroatoms. The van der Waals surface area contributed by atoms with Gasteiger partial charge in [-0.2, -0.15) is 0 Å². The SMILES string of the molecule is Cl.O=C(O)[C@H]1C[C@@H]1c1cccnc1. The van der Waals surface area contributed by atoms with Gasteiger partial charge in [-0.1, -0.05) is 6.07 Å². The minimum absolute atomic E-state index is 0. The van der Waals surface area contributed by atoms with Crippen LogP contribution in [0.4, 0.5) is 0 Å². The zero-order valence-electron chi connectivity index (χ0n) is 6.88. The Bertz CT molecular complexity index is 302. The van der Waals surface area contributed by atoms with Crippen molar-refractivity contribution in [2.24, 2.45) is 5.92 Å². The van der Waals surface area contributed by atoms with Crippen molar-refractivity contribution >= 4 is 18.4 Å². The van der Waals surface area contributed by atoms with Crippen molar-refractivity contribution in [3.63, 3.8) is 0 Å². The van der Waals surface area contributed by atoms with E-state index in [4.69, 9.17) is 5.11 Å². The average Bonchev–Trinajstić information content (AvgIpc) is 2.84. The molecule has 2 rings (SSSR count). The lowest BCUT2D eigenvalue weighted by Crippen LogP contribution is -1.98. The maximum atomic E-state index is 10.5. The van der Waals surface area contributed by atoms with E-state index in [0.717, 1.165) is 12.0 Å². The summed E-state index contributed by atoms with van der Waals surface area (Å²) >= 11 is 0. The minimum atomic E-state index is -0.691. The van der Waals surface area contributed by atoms with E-state index in [9.17, 15) is 4.79 Å². The van der Waals surface area contributed by atoms with E-state index in [1.54, 1.807) is 12.4 Å². The molecule has 0 unspecified atom stereocenters. The molecule has 0 bridgehead atoms. The highest BCUT2D eigenvalue weighted by Crippen LogP contribution is 2.47. The summed E-state index contributed by atoms with van der Waals surface area (Å²) in [4.78, 5) is 14.5. The van der Waals surface area contributed by atoms with Gasteiger partial charge in [0.05, 0.1) is 5.92 Å². The van der Waals surface area contributed by atoms with Crippen molar-refractivity contribution in [1.29, 1.82) is 0 Å². The molecule has 1 heterocycles. The van der Waals surface area contributed by atoms with Crippen molar-refractivity contribution in [3.8, 4) is 0 Å². The summed E-state index contributed by atoms with van der Waals surface area (Å²) in [5, 5.41) is 8.66. The molecule has 1 aliphatic carbocycles. The van der Waals surface area contributed by atoms with Crippen LogP contribution >= 0.6 is 12.4 Å². The lowest BCUT2D eigenvalue weighted by atomic mass is 10.1. The van der Waals surface area contributed by atoms with Crippen LogP contribution in [-0.2, 0) is 4.79 Å². The van der Waals surface area contributed by atoms with E-state index in [1.807, 2.05) is 12.1 Å². The molecule has 3 nitrogen and oxygen atoms in total. The number of hydrogen-bond acceptors (Lipinski definition) is 2. The second-order valence-corrected chi connectivity index (χ2v) is 3.07. The molecule has 0 radical (unpaired) electrons. The highest BCUT2D eigenvalue weighted by atomic mass is 35.5. The average molecular weight is 200 g/mol. The number of hydrogen-bond donors (Lipinski definition) is 1. The number of carboxylic acid groups (broad SMARTS) is 1. The van der Waals surface area contributed by atoms with Gasteiger partial charge in [0.15, 0.2) is 0 Å². The number of carbonyl (C=O) groups is 1. The number of halogens is 1. The Morgan fingerprint density at radius 2 is 2.38 bits per heavy atom. The summed E-state index contributed by atoms with van der Waals surface area (Å²) in [5.74, 6) is -0.658. The van der Waals surface area contributed by atoms with Gasteiger partial charge >= 0.3 is 5.97 Å². The molecule has 0 amide bonds. The summed E-state index contributed by atoms with van der Waals surface area (Å²) in [6.07, 6.45) is 4.20. The van der Waals surface area contributed by atoms with Crippen LogP contribution in [0.5, 0.6) is 0 Å². The fraction of sp³-hybridized carbons (Fsp3) is 0.333. The first-order valence-corrected chi connectivity index (χ1v) is 3.92. The van der Waals surface area contributed by atoms with Crippen LogP contribution in [0.25, 0.3) is 0 Å². The zero-order valence-corrected chi connectivity index (χ0v) is 7.70. The summed E-state index contributed by atoms with van der Waals surface area (Å²) in [5.41, 5.74) is 1.05. The number of aliphatic carboxylic acids is 1. The first-order chi connectivity index (χ1) is 5.79. The number of aromatic nitrogens is 1. The predicted octanol–water partition coefficient (Wildman–Crippen LogP) is 1.69. The Labute approximate surface area is 82.2 Å². The lowest BCUT2D eigenvalue weighted by molar-refractivity contribution is -0.138. The van der Waals surface area contributed by atoms with E-state index in [1.165, 1.54) is 0 Å². The maximum absolute atomic E-state index is 10.5. The van der Waals surface area contributed by atoms with Gasteiger partial charge in [-0.05, 0) is 24.0 Å². The summed E-state index contributed by atoms with van der Waals surface area (Å²) in [6, 6.07) is 3.77. The van der Waals surface area contributed by atoms with Gasteiger partial charge in [0.2, 0.25) is 0 Å². The molecule has 2 atom stereocenters. The Balaban J connectivity index is 0.000000845. The van der Waals surface area contributed by atoms with Crippen LogP contribution in [0, 0.1) is 5.92 Å². The fourth-order valence-electron chi connectivity index (χ4n) is 1.43. The van der Waals surface area contributed by atoms with Crippen LogP contribution < -0.4 is 0 Å². The second kappa shape index (κ2) is 3.75. The Kier molecular flexibility index (Phi) is 2.88.